The molecule has 6 heteroatoms. The second kappa shape index (κ2) is 7.24. The van der Waals surface area contributed by atoms with E-state index in [0.29, 0.717) is 31.4 Å². The van der Waals surface area contributed by atoms with Gasteiger partial charge in [-0.3, -0.25) is 0 Å². The summed E-state index contributed by atoms with van der Waals surface area (Å²) in [5.74, 6) is 1.03. The van der Waals surface area contributed by atoms with E-state index >= 15 is 0 Å². The van der Waals surface area contributed by atoms with Gasteiger partial charge in [0.2, 0.25) is 10.0 Å². The summed E-state index contributed by atoms with van der Waals surface area (Å²) in [6.45, 7) is 5.76. The van der Waals surface area contributed by atoms with Crippen LogP contribution in [0.1, 0.15) is 26.7 Å². The van der Waals surface area contributed by atoms with Gasteiger partial charge in [-0.1, -0.05) is 0 Å². The van der Waals surface area contributed by atoms with Crippen LogP contribution < -0.4 is 9.46 Å². The monoisotopic (exact) mass is 313 g/mol. The van der Waals surface area contributed by atoms with Gasteiger partial charge in [-0.25, -0.2) is 13.1 Å². The van der Waals surface area contributed by atoms with Gasteiger partial charge in [0.05, 0.1) is 11.0 Å². The zero-order chi connectivity index (χ0) is 15.3. The fourth-order valence-electron chi connectivity index (χ4n) is 2.23. The predicted octanol–water partition coefficient (Wildman–Crippen LogP) is 2.18. The molecule has 2 rings (SSSR count). The Balaban J connectivity index is 1.95. The third-order valence-corrected chi connectivity index (χ3v) is 4.85. The summed E-state index contributed by atoms with van der Waals surface area (Å²) in [7, 11) is -3.45. The van der Waals surface area contributed by atoms with Crippen LogP contribution in [-0.4, -0.2) is 34.3 Å². The molecular weight excluding hydrogens is 290 g/mol. The first-order valence-corrected chi connectivity index (χ1v) is 8.80. The van der Waals surface area contributed by atoms with Gasteiger partial charge in [0.15, 0.2) is 0 Å². The third kappa shape index (κ3) is 4.98. The van der Waals surface area contributed by atoms with E-state index in [4.69, 9.17) is 9.47 Å². The average Bonchev–Trinajstić information content (AvgIpc) is 2.46. The van der Waals surface area contributed by atoms with Crippen molar-refractivity contribution in [3.05, 3.63) is 24.3 Å². The molecule has 0 aliphatic carbocycles. The maximum absolute atomic E-state index is 12.2. The van der Waals surface area contributed by atoms with Crippen molar-refractivity contribution < 1.29 is 17.9 Å². The summed E-state index contributed by atoms with van der Waals surface area (Å²) in [5, 5.41) is 0. The summed E-state index contributed by atoms with van der Waals surface area (Å²) in [5.41, 5.74) is 0. The lowest BCUT2D eigenvalue weighted by Gasteiger charge is -2.22. The van der Waals surface area contributed by atoms with Crippen LogP contribution in [0.15, 0.2) is 29.2 Å². The first-order chi connectivity index (χ1) is 9.97. The van der Waals surface area contributed by atoms with E-state index < -0.39 is 10.0 Å². The normalized spacial score (nSPS) is 17.1. The van der Waals surface area contributed by atoms with Gasteiger partial charge < -0.3 is 9.47 Å². The van der Waals surface area contributed by atoms with Gasteiger partial charge in [-0.05, 0) is 56.9 Å². The van der Waals surface area contributed by atoms with Crippen molar-refractivity contribution in [3.8, 4) is 5.75 Å². The Morgan fingerprint density at radius 1 is 1.24 bits per heavy atom. The summed E-state index contributed by atoms with van der Waals surface area (Å²) >= 11 is 0. The molecule has 1 aliphatic rings. The Morgan fingerprint density at radius 2 is 1.86 bits per heavy atom. The number of nitrogens with one attached hydrogen (secondary N) is 1. The molecule has 0 saturated carbocycles. The highest BCUT2D eigenvalue weighted by atomic mass is 32.2. The Kier molecular flexibility index (Phi) is 5.61. The van der Waals surface area contributed by atoms with Crippen molar-refractivity contribution >= 4 is 10.0 Å². The Hall–Kier alpha value is -1.11. The zero-order valence-electron chi connectivity index (χ0n) is 12.5. The van der Waals surface area contributed by atoms with E-state index in [1.54, 1.807) is 24.3 Å². The molecule has 21 heavy (non-hydrogen) atoms. The topological polar surface area (TPSA) is 64.6 Å². The minimum Gasteiger partial charge on any atom is -0.491 e. The molecule has 1 fully saturated rings. The lowest BCUT2D eigenvalue weighted by atomic mass is 10.0. The molecule has 5 nitrogen and oxygen atoms in total. The van der Waals surface area contributed by atoms with Gasteiger partial charge in [0, 0.05) is 19.8 Å². The molecular formula is C15H23NO4S. The van der Waals surface area contributed by atoms with E-state index in [0.717, 1.165) is 12.8 Å². The van der Waals surface area contributed by atoms with Crippen molar-refractivity contribution in [2.45, 2.75) is 37.7 Å². The van der Waals surface area contributed by atoms with E-state index in [9.17, 15) is 8.42 Å². The number of hydrogen-bond donors (Lipinski definition) is 1. The van der Waals surface area contributed by atoms with Crippen LogP contribution in [-0.2, 0) is 14.8 Å². The second-order valence-corrected chi connectivity index (χ2v) is 7.31. The van der Waals surface area contributed by atoms with Gasteiger partial charge in [0.1, 0.15) is 5.75 Å². The molecule has 0 atom stereocenters. The fourth-order valence-corrected chi connectivity index (χ4v) is 3.35. The van der Waals surface area contributed by atoms with E-state index in [2.05, 4.69) is 4.72 Å². The van der Waals surface area contributed by atoms with Gasteiger partial charge in [-0.2, -0.15) is 0 Å². The zero-order valence-corrected chi connectivity index (χ0v) is 13.4. The SMILES string of the molecule is CC(C)Oc1ccc(S(=O)(=O)NCC2CCOCC2)cc1. The van der Waals surface area contributed by atoms with Crippen LogP contribution in [0.5, 0.6) is 5.75 Å². The minimum atomic E-state index is -3.45. The second-order valence-electron chi connectivity index (χ2n) is 5.55. The van der Waals surface area contributed by atoms with Crippen LogP contribution >= 0.6 is 0 Å². The van der Waals surface area contributed by atoms with Gasteiger partial charge >= 0.3 is 0 Å². The first-order valence-electron chi connectivity index (χ1n) is 7.31. The number of rotatable bonds is 6. The van der Waals surface area contributed by atoms with Gasteiger partial charge in [0.25, 0.3) is 0 Å². The Morgan fingerprint density at radius 3 is 2.43 bits per heavy atom. The van der Waals surface area contributed by atoms with Crippen LogP contribution in [0.4, 0.5) is 0 Å². The minimum absolute atomic E-state index is 0.0686. The number of ether oxygens (including phenoxy) is 2. The number of hydrogen-bond acceptors (Lipinski definition) is 4. The molecule has 1 saturated heterocycles. The first kappa shape index (κ1) is 16.3. The van der Waals surface area contributed by atoms with E-state index in [1.807, 2.05) is 13.8 Å². The fraction of sp³-hybridized carbons (Fsp3) is 0.600. The molecule has 0 unspecified atom stereocenters. The molecule has 1 aromatic carbocycles. The molecule has 0 aromatic heterocycles. The molecule has 1 heterocycles. The van der Waals surface area contributed by atoms with Crippen LogP contribution in [0.25, 0.3) is 0 Å². The van der Waals surface area contributed by atoms with Crippen molar-refractivity contribution in [3.63, 3.8) is 0 Å². The quantitative estimate of drug-likeness (QED) is 0.874. The molecule has 0 spiro atoms. The highest BCUT2D eigenvalue weighted by Gasteiger charge is 2.19. The molecule has 0 bridgehead atoms. The summed E-state index contributed by atoms with van der Waals surface area (Å²) < 4.78 is 37.9. The third-order valence-electron chi connectivity index (χ3n) is 3.41. The predicted molar refractivity (Wildman–Crippen MR) is 80.9 cm³/mol. The summed E-state index contributed by atoms with van der Waals surface area (Å²) in [4.78, 5) is 0.269. The smallest absolute Gasteiger partial charge is 0.240 e. The maximum Gasteiger partial charge on any atom is 0.240 e. The summed E-state index contributed by atoms with van der Waals surface area (Å²) in [6, 6.07) is 6.51. The van der Waals surface area contributed by atoms with Gasteiger partial charge in [-0.15, -0.1) is 0 Å². The van der Waals surface area contributed by atoms with Crippen molar-refractivity contribution in [1.29, 1.82) is 0 Å². The molecule has 118 valence electrons. The van der Waals surface area contributed by atoms with Crippen LogP contribution in [0, 0.1) is 5.92 Å². The highest BCUT2D eigenvalue weighted by molar-refractivity contribution is 7.89. The molecule has 0 radical (unpaired) electrons. The lowest BCUT2D eigenvalue weighted by Crippen LogP contribution is -2.32. The molecule has 1 N–H and O–H groups in total. The standard InChI is InChI=1S/C15H23NO4S/c1-12(2)20-14-3-5-15(6-4-14)21(17,18)16-11-13-7-9-19-10-8-13/h3-6,12-13,16H,7-11H2,1-2H3. The highest BCUT2D eigenvalue weighted by Crippen LogP contribution is 2.18. The molecule has 1 aromatic rings. The van der Waals surface area contributed by atoms with Crippen LogP contribution in [0.3, 0.4) is 0 Å². The number of sulfonamides is 1. The Labute approximate surface area is 126 Å². The van der Waals surface area contributed by atoms with Crippen molar-refractivity contribution in [2.75, 3.05) is 19.8 Å². The molecule has 0 amide bonds. The Bertz CT molecular complexity index is 533. The molecule has 1 aliphatic heterocycles. The van der Waals surface area contributed by atoms with E-state index in [1.165, 1.54) is 0 Å². The largest absolute Gasteiger partial charge is 0.491 e. The van der Waals surface area contributed by atoms with E-state index in [-0.39, 0.29) is 11.0 Å². The average molecular weight is 313 g/mol. The van der Waals surface area contributed by atoms with Crippen LogP contribution in [0.2, 0.25) is 0 Å². The van der Waals surface area contributed by atoms with Crippen molar-refractivity contribution in [1.82, 2.24) is 4.72 Å². The van der Waals surface area contributed by atoms with Crippen molar-refractivity contribution in [2.24, 2.45) is 5.92 Å². The maximum atomic E-state index is 12.2. The lowest BCUT2D eigenvalue weighted by molar-refractivity contribution is 0.0678. The number of benzene rings is 1. The summed E-state index contributed by atoms with van der Waals surface area (Å²) in [6.07, 6.45) is 1.88.